The van der Waals surface area contributed by atoms with Gasteiger partial charge in [0.05, 0.1) is 41.0 Å². The van der Waals surface area contributed by atoms with Gasteiger partial charge in [-0.1, -0.05) is 0 Å². The lowest BCUT2D eigenvalue weighted by Gasteiger charge is -2.20. The van der Waals surface area contributed by atoms with E-state index in [0.29, 0.717) is 22.8 Å². The summed E-state index contributed by atoms with van der Waals surface area (Å²) in [6, 6.07) is 3.01. The van der Waals surface area contributed by atoms with Crippen LogP contribution < -0.4 is 14.2 Å². The van der Waals surface area contributed by atoms with Gasteiger partial charge in [-0.15, -0.1) is 0 Å². The molecule has 2 N–H and O–H groups in total. The zero-order valence-electron chi connectivity index (χ0n) is 12.5. The summed E-state index contributed by atoms with van der Waals surface area (Å²) in [7, 11) is 5.56. The maximum absolute atomic E-state index is 11.1. The Balaban J connectivity index is 3.09. The summed E-state index contributed by atoms with van der Waals surface area (Å²) >= 11 is 0. The van der Waals surface area contributed by atoms with Gasteiger partial charge in [0, 0.05) is 0 Å². The molecule has 2 atom stereocenters. The van der Waals surface area contributed by atoms with Crippen molar-refractivity contribution in [2.75, 3.05) is 28.4 Å². The second-order valence-electron chi connectivity index (χ2n) is 4.25. The summed E-state index contributed by atoms with van der Waals surface area (Å²) in [6.07, 6.45) is -2.92. The Hall–Kier alpha value is -1.99. The second-order valence-corrected chi connectivity index (χ2v) is 4.25. The molecule has 0 fully saturated rings. The molecule has 1 rings (SSSR count). The molecule has 7 nitrogen and oxygen atoms in total. The van der Waals surface area contributed by atoms with E-state index in [-0.39, 0.29) is 6.42 Å². The summed E-state index contributed by atoms with van der Waals surface area (Å²) in [5.41, 5.74) is 0.334. The molecule has 0 bridgehead atoms. The number of ether oxygens (including phenoxy) is 4. The monoisotopic (exact) mass is 300 g/mol. The van der Waals surface area contributed by atoms with E-state index in [1.165, 1.54) is 40.6 Å². The molecule has 0 saturated carbocycles. The second kappa shape index (κ2) is 7.70. The maximum atomic E-state index is 11.1. The zero-order valence-corrected chi connectivity index (χ0v) is 12.5. The number of esters is 1. The van der Waals surface area contributed by atoms with Crippen molar-refractivity contribution in [2.45, 2.75) is 18.6 Å². The average molecular weight is 300 g/mol. The molecule has 2 unspecified atom stereocenters. The third kappa shape index (κ3) is 3.99. The summed E-state index contributed by atoms with van der Waals surface area (Å²) in [5, 5.41) is 20.0. The highest BCUT2D eigenvalue weighted by atomic mass is 16.5. The van der Waals surface area contributed by atoms with E-state index >= 15 is 0 Å². The first-order valence-electron chi connectivity index (χ1n) is 6.21. The van der Waals surface area contributed by atoms with Crippen LogP contribution in [-0.4, -0.2) is 50.7 Å². The van der Waals surface area contributed by atoms with Crippen molar-refractivity contribution in [3.05, 3.63) is 17.7 Å². The number of benzene rings is 1. The Bertz CT molecular complexity index is 461. The van der Waals surface area contributed by atoms with Crippen LogP contribution in [0.25, 0.3) is 0 Å². The quantitative estimate of drug-likeness (QED) is 0.715. The van der Waals surface area contributed by atoms with Crippen molar-refractivity contribution in [2.24, 2.45) is 0 Å². The highest BCUT2D eigenvalue weighted by Crippen LogP contribution is 2.40. The zero-order chi connectivity index (χ0) is 16.0. The van der Waals surface area contributed by atoms with Crippen molar-refractivity contribution in [1.82, 2.24) is 0 Å². The summed E-state index contributed by atoms with van der Waals surface area (Å²) in [5.74, 6) is 0.444. The van der Waals surface area contributed by atoms with Crippen LogP contribution >= 0.6 is 0 Å². The summed E-state index contributed by atoms with van der Waals surface area (Å²) in [6.45, 7) is 0. The highest BCUT2D eigenvalue weighted by molar-refractivity contribution is 5.69. The third-order valence-corrected chi connectivity index (χ3v) is 3.00. The summed E-state index contributed by atoms with van der Waals surface area (Å²) in [4.78, 5) is 11.1. The van der Waals surface area contributed by atoms with Crippen LogP contribution in [-0.2, 0) is 9.53 Å². The lowest BCUT2D eigenvalue weighted by atomic mass is 10.0. The fourth-order valence-corrected chi connectivity index (χ4v) is 1.86. The van der Waals surface area contributed by atoms with Crippen molar-refractivity contribution in [3.63, 3.8) is 0 Å². The number of aliphatic hydroxyl groups is 2. The number of aliphatic hydroxyl groups excluding tert-OH is 2. The van der Waals surface area contributed by atoms with Crippen LogP contribution in [0.5, 0.6) is 17.2 Å². The predicted molar refractivity (Wildman–Crippen MR) is 73.7 cm³/mol. The number of hydrogen-bond donors (Lipinski definition) is 2. The van der Waals surface area contributed by atoms with Crippen molar-refractivity contribution < 1.29 is 34.0 Å². The standard InChI is InChI=1S/C14H20O7/c1-18-10-5-8(6-11(19-2)14(10)21-4)13(17)9(15)7-12(16)20-3/h5-6,9,13,15,17H,7H2,1-4H3. The van der Waals surface area contributed by atoms with Crippen molar-refractivity contribution in [3.8, 4) is 17.2 Å². The maximum Gasteiger partial charge on any atom is 0.308 e. The predicted octanol–water partition coefficient (Wildman–Crippen LogP) is 0.670. The van der Waals surface area contributed by atoms with E-state index in [2.05, 4.69) is 4.74 Å². The average Bonchev–Trinajstić information content (AvgIpc) is 2.52. The van der Waals surface area contributed by atoms with Crippen molar-refractivity contribution >= 4 is 5.97 Å². The Labute approximate surface area is 123 Å². The summed E-state index contributed by atoms with van der Waals surface area (Å²) < 4.78 is 19.9. The van der Waals surface area contributed by atoms with Gasteiger partial charge in [0.25, 0.3) is 0 Å². The minimum atomic E-state index is -1.31. The van der Waals surface area contributed by atoms with Gasteiger partial charge < -0.3 is 29.2 Å². The van der Waals surface area contributed by atoms with Crippen LogP contribution in [0.2, 0.25) is 0 Å². The Morgan fingerprint density at radius 2 is 1.57 bits per heavy atom. The van der Waals surface area contributed by atoms with E-state index in [4.69, 9.17) is 14.2 Å². The molecule has 0 amide bonds. The molecule has 0 saturated heterocycles. The number of hydrogen-bond acceptors (Lipinski definition) is 7. The first-order valence-corrected chi connectivity index (χ1v) is 6.21. The molecule has 0 aromatic heterocycles. The fraction of sp³-hybridized carbons (Fsp3) is 0.500. The molecule has 0 radical (unpaired) electrons. The largest absolute Gasteiger partial charge is 0.493 e. The van der Waals surface area contributed by atoms with Gasteiger partial charge in [-0.3, -0.25) is 4.79 Å². The van der Waals surface area contributed by atoms with Gasteiger partial charge in [0.2, 0.25) is 5.75 Å². The SMILES string of the molecule is COC(=O)CC(O)C(O)c1cc(OC)c(OC)c(OC)c1. The van der Waals surface area contributed by atoms with Crippen molar-refractivity contribution in [1.29, 1.82) is 0 Å². The third-order valence-electron chi connectivity index (χ3n) is 3.00. The lowest BCUT2D eigenvalue weighted by Crippen LogP contribution is -2.22. The Morgan fingerprint density at radius 3 is 1.95 bits per heavy atom. The molecule has 1 aromatic rings. The molecule has 0 heterocycles. The smallest absolute Gasteiger partial charge is 0.308 e. The molecular weight excluding hydrogens is 280 g/mol. The topological polar surface area (TPSA) is 94.5 Å². The van der Waals surface area contributed by atoms with Crippen LogP contribution in [0.3, 0.4) is 0 Å². The highest BCUT2D eigenvalue weighted by Gasteiger charge is 2.24. The van der Waals surface area contributed by atoms with Gasteiger partial charge in [-0.25, -0.2) is 0 Å². The number of rotatable bonds is 7. The first-order chi connectivity index (χ1) is 9.98. The van der Waals surface area contributed by atoms with E-state index in [0.717, 1.165) is 0 Å². The van der Waals surface area contributed by atoms with Gasteiger partial charge in [-0.05, 0) is 17.7 Å². The van der Waals surface area contributed by atoms with E-state index < -0.39 is 18.2 Å². The van der Waals surface area contributed by atoms with E-state index in [9.17, 15) is 15.0 Å². The molecule has 21 heavy (non-hydrogen) atoms. The molecule has 118 valence electrons. The van der Waals surface area contributed by atoms with Crippen LogP contribution in [0.15, 0.2) is 12.1 Å². The van der Waals surface area contributed by atoms with E-state index in [1.807, 2.05) is 0 Å². The van der Waals surface area contributed by atoms with Gasteiger partial charge in [-0.2, -0.15) is 0 Å². The van der Waals surface area contributed by atoms with Crippen LogP contribution in [0.1, 0.15) is 18.1 Å². The van der Waals surface area contributed by atoms with Gasteiger partial charge >= 0.3 is 5.97 Å². The Morgan fingerprint density at radius 1 is 1.05 bits per heavy atom. The fourth-order valence-electron chi connectivity index (χ4n) is 1.86. The lowest BCUT2D eigenvalue weighted by molar-refractivity contribution is -0.144. The minimum Gasteiger partial charge on any atom is -0.493 e. The van der Waals surface area contributed by atoms with Crippen LogP contribution in [0, 0.1) is 0 Å². The molecule has 7 heteroatoms. The molecular formula is C14H20O7. The molecule has 0 aliphatic rings. The van der Waals surface area contributed by atoms with Gasteiger partial charge in [0.15, 0.2) is 11.5 Å². The van der Waals surface area contributed by atoms with Crippen LogP contribution in [0.4, 0.5) is 0 Å². The van der Waals surface area contributed by atoms with E-state index in [1.54, 1.807) is 0 Å². The normalized spacial score (nSPS) is 13.2. The number of carbonyl (C=O) groups excluding carboxylic acids is 1. The first kappa shape index (κ1) is 17.1. The molecule has 1 aromatic carbocycles. The molecule has 0 aliphatic heterocycles. The number of carbonyl (C=O) groups is 1. The molecule has 0 aliphatic carbocycles. The number of methoxy groups -OCH3 is 4. The Kier molecular flexibility index (Phi) is 6.26. The van der Waals surface area contributed by atoms with Gasteiger partial charge in [0.1, 0.15) is 6.10 Å². The molecule has 0 spiro atoms. The minimum absolute atomic E-state index is 0.325.